The Balaban J connectivity index is 1.60. The van der Waals surface area contributed by atoms with Gasteiger partial charge in [0.15, 0.2) is 5.65 Å². The maximum absolute atomic E-state index is 4.38. The molecule has 1 aromatic carbocycles. The Kier molecular flexibility index (Phi) is 3.71. The van der Waals surface area contributed by atoms with Crippen LogP contribution in [-0.4, -0.2) is 40.8 Å². The van der Waals surface area contributed by atoms with Crippen molar-refractivity contribution < 1.29 is 0 Å². The third kappa shape index (κ3) is 2.92. The number of benzene rings is 1. The van der Waals surface area contributed by atoms with Crippen LogP contribution in [0.25, 0.3) is 5.65 Å². The number of anilines is 1. The molecule has 3 aromatic rings. The lowest BCUT2D eigenvalue weighted by Crippen LogP contribution is -2.43. The van der Waals surface area contributed by atoms with Gasteiger partial charge in [0.25, 0.3) is 0 Å². The standard InChI is InChI=1S/C18H21N5/c1-14-2-4-15(5-3-14)12-17-20-21-18-13-16(6-9-23(17)18)22-10-7-19-8-11-22/h2-6,9,13,19H,7-8,10-12H2,1H3. The van der Waals surface area contributed by atoms with Crippen molar-refractivity contribution in [3.63, 3.8) is 0 Å². The van der Waals surface area contributed by atoms with Gasteiger partial charge in [-0.2, -0.15) is 0 Å². The van der Waals surface area contributed by atoms with Crippen molar-refractivity contribution in [3.8, 4) is 0 Å². The summed E-state index contributed by atoms with van der Waals surface area (Å²) in [6.45, 7) is 6.27. The zero-order valence-electron chi connectivity index (χ0n) is 13.4. The van der Waals surface area contributed by atoms with Crippen LogP contribution in [0.2, 0.25) is 0 Å². The molecule has 0 radical (unpaired) electrons. The zero-order valence-corrected chi connectivity index (χ0v) is 13.4. The molecule has 5 nitrogen and oxygen atoms in total. The van der Waals surface area contributed by atoms with Gasteiger partial charge in [-0.15, -0.1) is 10.2 Å². The van der Waals surface area contributed by atoms with E-state index in [0.717, 1.165) is 44.1 Å². The molecule has 118 valence electrons. The van der Waals surface area contributed by atoms with Crippen LogP contribution >= 0.6 is 0 Å². The zero-order chi connectivity index (χ0) is 15.6. The molecule has 1 fully saturated rings. The molecule has 5 heteroatoms. The fraction of sp³-hybridized carbons (Fsp3) is 0.333. The minimum Gasteiger partial charge on any atom is -0.369 e. The van der Waals surface area contributed by atoms with E-state index in [0.29, 0.717) is 0 Å². The molecule has 0 amide bonds. The van der Waals surface area contributed by atoms with Gasteiger partial charge in [0, 0.05) is 50.6 Å². The first-order valence-electron chi connectivity index (χ1n) is 8.14. The molecule has 0 unspecified atom stereocenters. The normalized spacial score (nSPS) is 15.3. The molecule has 23 heavy (non-hydrogen) atoms. The molecule has 3 heterocycles. The topological polar surface area (TPSA) is 45.5 Å². The minimum atomic E-state index is 0.800. The Labute approximate surface area is 136 Å². The maximum Gasteiger partial charge on any atom is 0.162 e. The average Bonchev–Trinajstić information content (AvgIpc) is 3.00. The van der Waals surface area contributed by atoms with Crippen molar-refractivity contribution in [2.75, 3.05) is 31.1 Å². The van der Waals surface area contributed by atoms with E-state index >= 15 is 0 Å². The van der Waals surface area contributed by atoms with Gasteiger partial charge in [-0.1, -0.05) is 29.8 Å². The van der Waals surface area contributed by atoms with Crippen LogP contribution in [0, 0.1) is 6.92 Å². The largest absolute Gasteiger partial charge is 0.369 e. The first-order valence-corrected chi connectivity index (χ1v) is 8.14. The predicted molar refractivity (Wildman–Crippen MR) is 92.1 cm³/mol. The second-order valence-electron chi connectivity index (χ2n) is 6.13. The molecule has 1 aliphatic rings. The van der Waals surface area contributed by atoms with Crippen molar-refractivity contribution in [2.24, 2.45) is 0 Å². The summed E-state index contributed by atoms with van der Waals surface area (Å²) in [4.78, 5) is 2.39. The molecule has 1 aliphatic heterocycles. The van der Waals surface area contributed by atoms with Crippen LogP contribution in [0.15, 0.2) is 42.6 Å². The average molecular weight is 307 g/mol. The molecule has 4 rings (SSSR count). The Morgan fingerprint density at radius 3 is 2.61 bits per heavy atom. The number of hydrogen-bond acceptors (Lipinski definition) is 4. The van der Waals surface area contributed by atoms with Gasteiger partial charge >= 0.3 is 0 Å². The van der Waals surface area contributed by atoms with Crippen LogP contribution in [0.3, 0.4) is 0 Å². The van der Waals surface area contributed by atoms with Gasteiger partial charge in [0.2, 0.25) is 0 Å². The molecule has 1 saturated heterocycles. The lowest BCUT2D eigenvalue weighted by atomic mass is 10.1. The van der Waals surface area contributed by atoms with Crippen molar-refractivity contribution >= 4 is 11.3 Å². The lowest BCUT2D eigenvalue weighted by molar-refractivity contribution is 0.589. The number of nitrogens with one attached hydrogen (secondary N) is 1. The van der Waals surface area contributed by atoms with Gasteiger partial charge in [0.1, 0.15) is 5.82 Å². The van der Waals surface area contributed by atoms with E-state index in [1.54, 1.807) is 0 Å². The van der Waals surface area contributed by atoms with Crippen molar-refractivity contribution in [2.45, 2.75) is 13.3 Å². The Hall–Kier alpha value is -2.40. The van der Waals surface area contributed by atoms with Gasteiger partial charge < -0.3 is 10.2 Å². The summed E-state index contributed by atoms with van der Waals surface area (Å²) in [7, 11) is 0. The summed E-state index contributed by atoms with van der Waals surface area (Å²) in [6.07, 6.45) is 2.89. The molecule has 0 bridgehead atoms. The third-order valence-electron chi connectivity index (χ3n) is 4.43. The summed E-state index contributed by atoms with van der Waals surface area (Å²) in [5, 5.41) is 12.1. The monoisotopic (exact) mass is 307 g/mol. The fourth-order valence-electron chi connectivity index (χ4n) is 3.06. The first-order chi connectivity index (χ1) is 11.3. The van der Waals surface area contributed by atoms with Crippen molar-refractivity contribution in [3.05, 3.63) is 59.5 Å². The fourth-order valence-corrected chi connectivity index (χ4v) is 3.06. The molecular formula is C18H21N5. The number of fused-ring (bicyclic) bond motifs is 1. The number of hydrogen-bond donors (Lipinski definition) is 1. The van der Waals surface area contributed by atoms with Gasteiger partial charge in [-0.05, 0) is 18.6 Å². The second kappa shape index (κ2) is 6.01. The number of aryl methyl sites for hydroxylation is 1. The highest BCUT2D eigenvalue weighted by Gasteiger charge is 2.13. The van der Waals surface area contributed by atoms with E-state index in [-0.39, 0.29) is 0 Å². The quantitative estimate of drug-likeness (QED) is 0.804. The summed E-state index contributed by atoms with van der Waals surface area (Å²) in [5.41, 5.74) is 4.69. The highest BCUT2D eigenvalue weighted by Crippen LogP contribution is 2.18. The van der Waals surface area contributed by atoms with E-state index in [2.05, 4.69) is 74.3 Å². The Bertz CT molecular complexity index is 800. The number of pyridine rings is 1. The summed E-state index contributed by atoms with van der Waals surface area (Å²) < 4.78 is 2.09. The summed E-state index contributed by atoms with van der Waals surface area (Å²) >= 11 is 0. The van der Waals surface area contributed by atoms with E-state index < -0.39 is 0 Å². The highest BCUT2D eigenvalue weighted by molar-refractivity contribution is 5.56. The molecule has 2 aromatic heterocycles. The first kappa shape index (κ1) is 14.2. The van der Waals surface area contributed by atoms with E-state index in [1.807, 2.05) is 0 Å². The van der Waals surface area contributed by atoms with Crippen LogP contribution in [0.1, 0.15) is 17.0 Å². The maximum atomic E-state index is 4.38. The van der Waals surface area contributed by atoms with E-state index in [1.165, 1.54) is 16.8 Å². The number of aromatic nitrogens is 3. The van der Waals surface area contributed by atoms with Crippen LogP contribution in [0.4, 0.5) is 5.69 Å². The van der Waals surface area contributed by atoms with Crippen LogP contribution < -0.4 is 10.2 Å². The molecule has 0 aliphatic carbocycles. The van der Waals surface area contributed by atoms with Crippen LogP contribution in [-0.2, 0) is 6.42 Å². The van der Waals surface area contributed by atoms with Gasteiger partial charge in [-0.3, -0.25) is 4.40 Å². The molecule has 0 spiro atoms. The number of piperazine rings is 1. The number of nitrogens with zero attached hydrogens (tertiary/aromatic N) is 4. The Morgan fingerprint density at radius 1 is 1.04 bits per heavy atom. The number of rotatable bonds is 3. The molecule has 1 N–H and O–H groups in total. The third-order valence-corrected chi connectivity index (χ3v) is 4.43. The van der Waals surface area contributed by atoms with Crippen LogP contribution in [0.5, 0.6) is 0 Å². The summed E-state index contributed by atoms with van der Waals surface area (Å²) in [6, 6.07) is 12.9. The van der Waals surface area contributed by atoms with Gasteiger partial charge in [-0.25, -0.2) is 0 Å². The lowest BCUT2D eigenvalue weighted by Gasteiger charge is -2.29. The Morgan fingerprint density at radius 2 is 1.83 bits per heavy atom. The highest BCUT2D eigenvalue weighted by atomic mass is 15.3. The minimum absolute atomic E-state index is 0.800. The van der Waals surface area contributed by atoms with E-state index in [4.69, 9.17) is 0 Å². The molecular weight excluding hydrogens is 286 g/mol. The van der Waals surface area contributed by atoms with Gasteiger partial charge in [0.05, 0.1) is 0 Å². The smallest absolute Gasteiger partial charge is 0.162 e. The molecule has 0 saturated carbocycles. The summed E-state index contributed by atoms with van der Waals surface area (Å²) in [5.74, 6) is 0.982. The van der Waals surface area contributed by atoms with Crippen molar-refractivity contribution in [1.29, 1.82) is 0 Å². The van der Waals surface area contributed by atoms with Crippen molar-refractivity contribution in [1.82, 2.24) is 19.9 Å². The molecule has 0 atom stereocenters. The van der Waals surface area contributed by atoms with E-state index in [9.17, 15) is 0 Å². The SMILES string of the molecule is Cc1ccc(Cc2nnc3cc(N4CCNCC4)ccn23)cc1. The second-order valence-corrected chi connectivity index (χ2v) is 6.13. The predicted octanol–water partition coefficient (Wildman–Crippen LogP) is 2.04.